The molecule has 1 heterocycles. The van der Waals surface area contributed by atoms with Crippen LogP contribution in [-0.4, -0.2) is 23.2 Å². The van der Waals surface area contributed by atoms with Crippen LogP contribution in [0.15, 0.2) is 42.5 Å². The topological polar surface area (TPSA) is 32.3 Å². The molecule has 1 saturated heterocycles. The van der Waals surface area contributed by atoms with Crippen LogP contribution in [0, 0.1) is 0 Å². The van der Waals surface area contributed by atoms with E-state index >= 15 is 0 Å². The van der Waals surface area contributed by atoms with Crippen molar-refractivity contribution in [3.8, 4) is 0 Å². The number of carbonyl (C=O) groups is 1. The summed E-state index contributed by atoms with van der Waals surface area (Å²) in [5.74, 6) is 1.34. The second kappa shape index (κ2) is 7.90. The lowest BCUT2D eigenvalue weighted by molar-refractivity contribution is 0.214. The van der Waals surface area contributed by atoms with E-state index in [1.807, 2.05) is 36.4 Å². The van der Waals surface area contributed by atoms with Crippen LogP contribution in [-0.2, 0) is 0 Å². The first-order valence-corrected chi connectivity index (χ1v) is 10.0. The van der Waals surface area contributed by atoms with Gasteiger partial charge in [0.25, 0.3) is 0 Å². The zero-order valence-electron chi connectivity index (χ0n) is 14.1. The molecule has 2 amide bonds. The number of rotatable bonds is 3. The van der Waals surface area contributed by atoms with Gasteiger partial charge in [0, 0.05) is 23.5 Å². The van der Waals surface area contributed by atoms with E-state index in [4.69, 9.17) is 23.2 Å². The Morgan fingerprint density at radius 2 is 1.92 bits per heavy atom. The maximum absolute atomic E-state index is 12.7. The predicted molar refractivity (Wildman–Crippen MR) is 108 cm³/mol. The molecular weight excluding hydrogens is 375 g/mol. The monoisotopic (exact) mass is 394 g/mol. The highest BCUT2D eigenvalue weighted by molar-refractivity contribution is 7.99. The number of carbonyl (C=O) groups excluding carboxylic acids is 1. The van der Waals surface area contributed by atoms with Gasteiger partial charge in [0.1, 0.15) is 5.37 Å². The number of halogens is 2. The van der Waals surface area contributed by atoms with Gasteiger partial charge in [-0.05, 0) is 29.7 Å². The van der Waals surface area contributed by atoms with Gasteiger partial charge in [-0.2, -0.15) is 0 Å². The predicted octanol–water partition coefficient (Wildman–Crippen LogP) is 6.40. The number of anilines is 1. The highest BCUT2D eigenvalue weighted by atomic mass is 35.5. The smallest absolute Gasteiger partial charge is 0.308 e. The second-order valence-corrected chi connectivity index (χ2v) is 8.24. The molecule has 1 aliphatic rings. The molecule has 1 fully saturated rings. The minimum atomic E-state index is -0.124. The molecule has 2 aromatic carbocycles. The van der Waals surface area contributed by atoms with Gasteiger partial charge in [-0.3, -0.25) is 0 Å². The quantitative estimate of drug-likeness (QED) is 0.653. The third-order valence-electron chi connectivity index (χ3n) is 4.23. The summed E-state index contributed by atoms with van der Waals surface area (Å²) in [4.78, 5) is 14.5. The SMILES string of the molecule is CC(C)c1ccc(NC(=O)N2CCS[C@@H]2c2cccc(Cl)c2Cl)cc1. The van der Waals surface area contributed by atoms with Gasteiger partial charge in [-0.1, -0.05) is 61.3 Å². The molecule has 3 nitrogen and oxygen atoms in total. The van der Waals surface area contributed by atoms with E-state index in [1.165, 1.54) is 5.56 Å². The van der Waals surface area contributed by atoms with Gasteiger partial charge in [-0.25, -0.2) is 4.79 Å². The Bertz CT molecular complexity index is 765. The average molecular weight is 395 g/mol. The van der Waals surface area contributed by atoms with Gasteiger partial charge in [0.15, 0.2) is 0 Å². The molecule has 0 unspecified atom stereocenters. The molecule has 3 rings (SSSR count). The van der Waals surface area contributed by atoms with Crippen molar-refractivity contribution in [1.29, 1.82) is 0 Å². The van der Waals surface area contributed by atoms with Gasteiger partial charge in [0.05, 0.1) is 10.0 Å². The van der Waals surface area contributed by atoms with Crippen molar-refractivity contribution >= 4 is 46.7 Å². The number of hydrogen-bond acceptors (Lipinski definition) is 2. The summed E-state index contributed by atoms with van der Waals surface area (Å²) < 4.78 is 0. The number of benzene rings is 2. The Labute approximate surface area is 162 Å². The maximum atomic E-state index is 12.7. The molecule has 0 radical (unpaired) electrons. The van der Waals surface area contributed by atoms with E-state index in [9.17, 15) is 4.79 Å². The fourth-order valence-corrected chi connectivity index (χ4v) is 4.55. The zero-order chi connectivity index (χ0) is 18.0. The van der Waals surface area contributed by atoms with Crippen molar-refractivity contribution in [3.63, 3.8) is 0 Å². The Balaban J connectivity index is 1.75. The van der Waals surface area contributed by atoms with Crippen LogP contribution in [0.5, 0.6) is 0 Å². The van der Waals surface area contributed by atoms with E-state index in [2.05, 4.69) is 19.2 Å². The fraction of sp³-hybridized carbons (Fsp3) is 0.316. The van der Waals surface area contributed by atoms with Gasteiger partial charge >= 0.3 is 6.03 Å². The highest BCUT2D eigenvalue weighted by Gasteiger charge is 2.32. The van der Waals surface area contributed by atoms with Crippen molar-refractivity contribution in [2.45, 2.75) is 25.1 Å². The lowest BCUT2D eigenvalue weighted by Crippen LogP contribution is -2.34. The number of hydrogen-bond donors (Lipinski definition) is 1. The lowest BCUT2D eigenvalue weighted by Gasteiger charge is -2.25. The molecule has 0 spiro atoms. The van der Waals surface area contributed by atoms with Crippen LogP contribution in [0.4, 0.5) is 10.5 Å². The van der Waals surface area contributed by atoms with Crippen LogP contribution in [0.2, 0.25) is 10.0 Å². The minimum absolute atomic E-state index is 0.122. The first kappa shape index (κ1) is 18.4. The summed E-state index contributed by atoms with van der Waals surface area (Å²) in [6.07, 6.45) is 0. The maximum Gasteiger partial charge on any atom is 0.323 e. The average Bonchev–Trinajstić information content (AvgIpc) is 3.07. The van der Waals surface area contributed by atoms with E-state index in [0.717, 1.165) is 17.0 Å². The molecule has 132 valence electrons. The Morgan fingerprint density at radius 1 is 1.20 bits per heavy atom. The van der Waals surface area contributed by atoms with E-state index < -0.39 is 0 Å². The number of nitrogens with one attached hydrogen (secondary N) is 1. The Kier molecular flexibility index (Phi) is 5.82. The summed E-state index contributed by atoms with van der Waals surface area (Å²) in [5, 5.41) is 3.88. The van der Waals surface area contributed by atoms with Crippen LogP contribution in [0.1, 0.15) is 36.3 Å². The van der Waals surface area contributed by atoms with E-state index in [0.29, 0.717) is 22.5 Å². The molecule has 6 heteroatoms. The minimum Gasteiger partial charge on any atom is -0.308 e. The Morgan fingerprint density at radius 3 is 2.60 bits per heavy atom. The summed E-state index contributed by atoms with van der Waals surface area (Å²) in [5.41, 5.74) is 2.92. The van der Waals surface area contributed by atoms with Gasteiger partial charge < -0.3 is 10.2 Å². The molecule has 2 aromatic rings. The van der Waals surface area contributed by atoms with Crippen molar-refractivity contribution in [3.05, 3.63) is 63.6 Å². The highest BCUT2D eigenvalue weighted by Crippen LogP contribution is 2.42. The molecule has 0 bridgehead atoms. The normalized spacial score (nSPS) is 17.2. The van der Waals surface area contributed by atoms with Gasteiger partial charge in [0.2, 0.25) is 0 Å². The Hall–Kier alpha value is -1.36. The molecule has 1 N–H and O–H groups in total. The summed E-state index contributed by atoms with van der Waals surface area (Å²) in [6, 6.07) is 13.4. The van der Waals surface area contributed by atoms with Crippen molar-refractivity contribution in [2.75, 3.05) is 17.6 Å². The first-order valence-electron chi connectivity index (χ1n) is 8.20. The third-order valence-corrected chi connectivity index (χ3v) is 6.30. The first-order chi connectivity index (χ1) is 12.0. The van der Waals surface area contributed by atoms with Crippen molar-refractivity contribution in [1.82, 2.24) is 4.90 Å². The molecule has 0 aromatic heterocycles. The molecular formula is C19H20Cl2N2OS. The standard InChI is InChI=1S/C19H20Cl2N2OS/c1-12(2)13-6-8-14(9-7-13)22-19(24)23-10-11-25-18(23)15-4-3-5-16(20)17(15)21/h3-9,12,18H,10-11H2,1-2H3,(H,22,24)/t18-/m1/s1. The molecule has 25 heavy (non-hydrogen) atoms. The number of urea groups is 1. The number of thioether (sulfide) groups is 1. The van der Waals surface area contributed by atoms with Crippen LogP contribution in [0.3, 0.4) is 0 Å². The molecule has 1 aliphatic heterocycles. The molecule has 0 saturated carbocycles. The third kappa shape index (κ3) is 4.08. The largest absolute Gasteiger partial charge is 0.323 e. The van der Waals surface area contributed by atoms with Crippen LogP contribution < -0.4 is 5.32 Å². The zero-order valence-corrected chi connectivity index (χ0v) is 16.5. The number of nitrogens with zero attached hydrogens (tertiary/aromatic N) is 1. The molecule has 1 atom stereocenters. The second-order valence-electron chi connectivity index (χ2n) is 6.27. The number of amides is 2. The van der Waals surface area contributed by atoms with Crippen LogP contribution >= 0.6 is 35.0 Å². The van der Waals surface area contributed by atoms with Crippen LogP contribution in [0.25, 0.3) is 0 Å². The summed E-state index contributed by atoms with van der Waals surface area (Å²) in [7, 11) is 0. The summed E-state index contributed by atoms with van der Waals surface area (Å²) >= 11 is 14.2. The van der Waals surface area contributed by atoms with E-state index in [1.54, 1.807) is 22.7 Å². The van der Waals surface area contributed by atoms with Gasteiger partial charge in [-0.15, -0.1) is 11.8 Å². The van der Waals surface area contributed by atoms with E-state index in [-0.39, 0.29) is 11.4 Å². The lowest BCUT2D eigenvalue weighted by atomic mass is 10.0. The molecule has 0 aliphatic carbocycles. The fourth-order valence-electron chi connectivity index (χ4n) is 2.79. The van der Waals surface area contributed by atoms with Crippen molar-refractivity contribution < 1.29 is 4.79 Å². The summed E-state index contributed by atoms with van der Waals surface area (Å²) in [6.45, 7) is 4.97. The van der Waals surface area contributed by atoms with Crippen molar-refractivity contribution in [2.24, 2.45) is 0 Å².